The average Bonchev–Trinajstić information content (AvgIpc) is 3.26. The molecule has 1 aliphatic carbocycles. The average molecular weight is 310 g/mol. The quantitative estimate of drug-likeness (QED) is 0.690. The molecule has 5 heteroatoms. The normalized spacial score (nSPS) is 15.7. The van der Waals surface area contributed by atoms with Gasteiger partial charge in [0.15, 0.2) is 0 Å². The molecule has 0 aliphatic heterocycles. The number of fused-ring (bicyclic) bond motifs is 3. The lowest BCUT2D eigenvalue weighted by atomic mass is 10.1. The number of carbonyl (C=O) groups excluding carboxylic acids is 1. The summed E-state index contributed by atoms with van der Waals surface area (Å²) in [6.45, 7) is 0.625. The van der Waals surface area contributed by atoms with Gasteiger partial charge < -0.3 is 20.2 Å². The van der Waals surface area contributed by atoms with E-state index in [0.29, 0.717) is 12.2 Å². The van der Waals surface area contributed by atoms with Gasteiger partial charge in [-0.2, -0.15) is 0 Å². The number of carbonyl (C=O) groups is 1. The maximum Gasteiger partial charge on any atom is 0.319 e. The van der Waals surface area contributed by atoms with Crippen molar-refractivity contribution in [1.82, 2.24) is 5.32 Å². The molecule has 0 bridgehead atoms. The molecule has 0 radical (unpaired) electrons. The van der Waals surface area contributed by atoms with Crippen LogP contribution in [0, 0.1) is 5.41 Å². The Kier molecular flexibility index (Phi) is 3.23. The Bertz CT molecular complexity index is 880. The highest BCUT2D eigenvalue weighted by atomic mass is 16.3. The monoisotopic (exact) mass is 310 g/mol. The van der Waals surface area contributed by atoms with Gasteiger partial charge in [0.05, 0.1) is 6.61 Å². The van der Waals surface area contributed by atoms with Crippen LogP contribution >= 0.6 is 0 Å². The summed E-state index contributed by atoms with van der Waals surface area (Å²) in [6.07, 6.45) is 1.93. The van der Waals surface area contributed by atoms with Crippen molar-refractivity contribution in [3.63, 3.8) is 0 Å². The SMILES string of the molecule is O=C(NCC1(CO)CC1)Nc1ccc2c(c1)oc1ccccc12. The first-order valence-electron chi connectivity index (χ1n) is 7.76. The number of aliphatic hydroxyl groups excluding tert-OH is 1. The molecule has 1 fully saturated rings. The highest BCUT2D eigenvalue weighted by molar-refractivity contribution is 6.06. The number of hydrogen-bond donors (Lipinski definition) is 3. The van der Waals surface area contributed by atoms with Crippen LogP contribution in [0.4, 0.5) is 10.5 Å². The van der Waals surface area contributed by atoms with Crippen LogP contribution in [0.3, 0.4) is 0 Å². The Labute approximate surface area is 133 Å². The van der Waals surface area contributed by atoms with Gasteiger partial charge in [0.25, 0.3) is 0 Å². The number of anilines is 1. The van der Waals surface area contributed by atoms with Gasteiger partial charge in [-0.15, -0.1) is 0 Å². The molecule has 0 spiro atoms. The fourth-order valence-electron chi connectivity index (χ4n) is 2.81. The predicted molar refractivity (Wildman–Crippen MR) is 89.5 cm³/mol. The van der Waals surface area contributed by atoms with Crippen molar-refractivity contribution in [3.8, 4) is 0 Å². The Morgan fingerprint density at radius 2 is 1.91 bits per heavy atom. The Hall–Kier alpha value is -2.53. The molecule has 0 atom stereocenters. The number of hydrogen-bond acceptors (Lipinski definition) is 3. The molecule has 0 saturated heterocycles. The topological polar surface area (TPSA) is 74.5 Å². The molecular weight excluding hydrogens is 292 g/mol. The Balaban J connectivity index is 1.50. The molecule has 1 aromatic heterocycles. The number of benzene rings is 2. The van der Waals surface area contributed by atoms with Gasteiger partial charge in [0.1, 0.15) is 11.2 Å². The molecule has 4 rings (SSSR count). The summed E-state index contributed by atoms with van der Waals surface area (Å²) < 4.78 is 5.81. The summed E-state index contributed by atoms with van der Waals surface area (Å²) >= 11 is 0. The van der Waals surface area contributed by atoms with Crippen LogP contribution in [0.1, 0.15) is 12.8 Å². The van der Waals surface area contributed by atoms with E-state index in [1.165, 1.54) is 0 Å². The lowest BCUT2D eigenvalue weighted by molar-refractivity contribution is 0.206. The number of amides is 2. The van der Waals surface area contributed by atoms with Crippen molar-refractivity contribution in [1.29, 1.82) is 0 Å². The maximum atomic E-state index is 12.0. The Morgan fingerprint density at radius 1 is 1.13 bits per heavy atom. The largest absolute Gasteiger partial charge is 0.456 e. The highest BCUT2D eigenvalue weighted by Gasteiger charge is 2.42. The summed E-state index contributed by atoms with van der Waals surface area (Å²) in [7, 11) is 0. The minimum absolute atomic E-state index is 0.0972. The second-order valence-electron chi connectivity index (χ2n) is 6.27. The zero-order valence-electron chi connectivity index (χ0n) is 12.6. The first-order chi connectivity index (χ1) is 11.2. The molecule has 118 valence electrons. The van der Waals surface area contributed by atoms with Crippen LogP contribution in [-0.2, 0) is 0 Å². The van der Waals surface area contributed by atoms with Gasteiger partial charge in [0.2, 0.25) is 0 Å². The van der Waals surface area contributed by atoms with Crippen molar-refractivity contribution in [2.75, 3.05) is 18.5 Å². The molecule has 2 amide bonds. The van der Waals surface area contributed by atoms with Crippen LogP contribution in [0.5, 0.6) is 0 Å². The molecule has 1 saturated carbocycles. The van der Waals surface area contributed by atoms with E-state index in [9.17, 15) is 9.90 Å². The van der Waals surface area contributed by atoms with E-state index in [1.807, 2.05) is 42.5 Å². The third kappa shape index (κ3) is 2.64. The maximum absolute atomic E-state index is 12.0. The van der Waals surface area contributed by atoms with Crippen LogP contribution in [-0.4, -0.2) is 24.3 Å². The van der Waals surface area contributed by atoms with Crippen LogP contribution < -0.4 is 10.6 Å². The number of rotatable bonds is 4. The fourth-order valence-corrected chi connectivity index (χ4v) is 2.81. The lowest BCUT2D eigenvalue weighted by Gasteiger charge is -2.13. The van der Waals surface area contributed by atoms with Crippen molar-refractivity contribution in [3.05, 3.63) is 42.5 Å². The number of aliphatic hydroxyl groups is 1. The van der Waals surface area contributed by atoms with Gasteiger partial charge in [0, 0.05) is 34.5 Å². The first-order valence-corrected chi connectivity index (χ1v) is 7.76. The van der Waals surface area contributed by atoms with Crippen LogP contribution in [0.15, 0.2) is 46.9 Å². The molecule has 0 unspecified atom stereocenters. The van der Waals surface area contributed by atoms with Crippen LogP contribution in [0.25, 0.3) is 21.9 Å². The fraction of sp³-hybridized carbons (Fsp3) is 0.278. The van der Waals surface area contributed by atoms with E-state index in [4.69, 9.17) is 4.42 Å². The van der Waals surface area contributed by atoms with E-state index >= 15 is 0 Å². The van der Waals surface area contributed by atoms with Gasteiger partial charge in [-0.1, -0.05) is 18.2 Å². The number of para-hydroxylation sites is 1. The lowest BCUT2D eigenvalue weighted by Crippen LogP contribution is -2.35. The smallest absolute Gasteiger partial charge is 0.319 e. The molecule has 5 nitrogen and oxygen atoms in total. The zero-order chi connectivity index (χ0) is 15.9. The third-order valence-electron chi connectivity index (χ3n) is 4.55. The molecule has 1 heterocycles. The first kappa shape index (κ1) is 14.1. The summed E-state index contributed by atoms with van der Waals surface area (Å²) in [5.41, 5.74) is 2.17. The summed E-state index contributed by atoms with van der Waals surface area (Å²) in [5, 5.41) is 17.0. The standard InChI is InChI=1S/C18H18N2O3/c21-11-18(7-8-18)10-19-17(22)20-12-5-6-14-13-3-1-2-4-15(13)23-16(14)9-12/h1-6,9,21H,7-8,10-11H2,(H2,19,20,22). The van der Waals surface area contributed by atoms with Crippen molar-refractivity contribution >= 4 is 33.7 Å². The minimum atomic E-state index is -0.264. The van der Waals surface area contributed by atoms with Gasteiger partial charge in [-0.3, -0.25) is 0 Å². The summed E-state index contributed by atoms with van der Waals surface area (Å²) in [6, 6.07) is 13.2. The number of furan rings is 1. The van der Waals surface area contributed by atoms with Gasteiger partial charge in [-0.05, 0) is 31.0 Å². The molecular formula is C18H18N2O3. The summed E-state index contributed by atoms with van der Waals surface area (Å²) in [5.74, 6) is 0. The molecule has 3 N–H and O–H groups in total. The van der Waals surface area contributed by atoms with Crippen LogP contribution in [0.2, 0.25) is 0 Å². The second-order valence-corrected chi connectivity index (χ2v) is 6.27. The highest BCUT2D eigenvalue weighted by Crippen LogP contribution is 2.44. The van der Waals surface area contributed by atoms with E-state index in [2.05, 4.69) is 10.6 Å². The number of nitrogens with one attached hydrogen (secondary N) is 2. The van der Waals surface area contributed by atoms with E-state index < -0.39 is 0 Å². The number of urea groups is 1. The Morgan fingerprint density at radius 3 is 2.70 bits per heavy atom. The van der Waals surface area contributed by atoms with Crippen molar-refractivity contribution < 1.29 is 14.3 Å². The summed E-state index contributed by atoms with van der Waals surface area (Å²) in [4.78, 5) is 12.0. The van der Waals surface area contributed by atoms with E-state index in [0.717, 1.165) is 34.8 Å². The van der Waals surface area contributed by atoms with E-state index in [-0.39, 0.29) is 18.1 Å². The molecule has 23 heavy (non-hydrogen) atoms. The molecule has 2 aromatic carbocycles. The second kappa shape index (κ2) is 5.28. The molecule has 1 aliphatic rings. The molecule has 3 aromatic rings. The van der Waals surface area contributed by atoms with E-state index in [1.54, 1.807) is 0 Å². The van der Waals surface area contributed by atoms with Gasteiger partial charge in [-0.25, -0.2) is 4.79 Å². The van der Waals surface area contributed by atoms with Crippen molar-refractivity contribution in [2.24, 2.45) is 5.41 Å². The zero-order valence-corrected chi connectivity index (χ0v) is 12.6. The minimum Gasteiger partial charge on any atom is -0.456 e. The van der Waals surface area contributed by atoms with Gasteiger partial charge >= 0.3 is 6.03 Å². The predicted octanol–water partition coefficient (Wildman–Crippen LogP) is 3.48. The third-order valence-corrected chi connectivity index (χ3v) is 4.55. The van der Waals surface area contributed by atoms with Crippen molar-refractivity contribution in [2.45, 2.75) is 12.8 Å².